The minimum absolute atomic E-state index is 0.00991. The molecular formula is C19H16NO4S-. The normalized spacial score (nSPS) is 12.8. The molecule has 0 spiro atoms. The molecule has 25 heavy (non-hydrogen) atoms. The van der Waals surface area contributed by atoms with Crippen molar-refractivity contribution in [1.82, 2.24) is 4.72 Å². The van der Waals surface area contributed by atoms with E-state index in [-0.39, 0.29) is 11.3 Å². The van der Waals surface area contributed by atoms with Gasteiger partial charge in [-0.3, -0.25) is 0 Å². The fraction of sp³-hybridized carbons (Fsp3) is 0.105. The highest BCUT2D eigenvalue weighted by molar-refractivity contribution is 7.89. The van der Waals surface area contributed by atoms with Crippen LogP contribution in [0.25, 0.3) is 10.8 Å². The summed E-state index contributed by atoms with van der Waals surface area (Å²) in [7, 11) is -3.99. The Labute approximate surface area is 146 Å². The number of carbonyl (C=O) groups is 1. The lowest BCUT2D eigenvalue weighted by Crippen LogP contribution is -2.49. The Morgan fingerprint density at radius 2 is 1.56 bits per heavy atom. The molecule has 0 aliphatic rings. The molecule has 128 valence electrons. The van der Waals surface area contributed by atoms with E-state index in [1.54, 1.807) is 42.5 Å². The van der Waals surface area contributed by atoms with Gasteiger partial charge in [0.15, 0.2) is 0 Å². The second-order valence-corrected chi connectivity index (χ2v) is 7.41. The average Bonchev–Trinajstić information content (AvgIpc) is 2.61. The monoisotopic (exact) mass is 354 g/mol. The molecule has 3 rings (SSSR count). The zero-order valence-electron chi connectivity index (χ0n) is 13.3. The number of carbonyl (C=O) groups excluding carboxylic acids is 1. The van der Waals surface area contributed by atoms with E-state index in [1.165, 1.54) is 12.1 Å². The summed E-state index contributed by atoms with van der Waals surface area (Å²) in [6, 6.07) is 19.5. The molecule has 5 nitrogen and oxygen atoms in total. The standard InChI is InChI=1S/C19H17NO4S/c21-19(22)18(12-14-6-2-1-3-7-14)20-25(23,24)17-11-10-15-8-4-5-9-16(15)13-17/h1-11,13,18,20H,12H2,(H,21,22)/p-1. The molecule has 0 aliphatic carbocycles. The van der Waals surface area contributed by atoms with E-state index in [0.717, 1.165) is 10.8 Å². The number of sulfonamides is 1. The molecule has 1 N–H and O–H groups in total. The Bertz CT molecular complexity index is 1000. The lowest BCUT2D eigenvalue weighted by atomic mass is 10.1. The summed E-state index contributed by atoms with van der Waals surface area (Å²) < 4.78 is 27.4. The highest BCUT2D eigenvalue weighted by Crippen LogP contribution is 2.19. The van der Waals surface area contributed by atoms with Gasteiger partial charge in [-0.1, -0.05) is 60.7 Å². The molecule has 6 heteroatoms. The van der Waals surface area contributed by atoms with Gasteiger partial charge in [0.2, 0.25) is 10.0 Å². The summed E-state index contributed by atoms with van der Waals surface area (Å²) in [4.78, 5) is 11.4. The largest absolute Gasteiger partial charge is 0.548 e. The van der Waals surface area contributed by atoms with Crippen LogP contribution in [0.4, 0.5) is 0 Å². The van der Waals surface area contributed by atoms with Crippen LogP contribution in [0, 0.1) is 0 Å². The highest BCUT2D eigenvalue weighted by Gasteiger charge is 2.21. The Kier molecular flexibility index (Phi) is 4.83. The lowest BCUT2D eigenvalue weighted by molar-refractivity contribution is -0.307. The van der Waals surface area contributed by atoms with Crippen molar-refractivity contribution >= 4 is 26.8 Å². The van der Waals surface area contributed by atoms with Crippen molar-refractivity contribution in [2.45, 2.75) is 17.4 Å². The average molecular weight is 354 g/mol. The SMILES string of the molecule is O=C([O-])C(Cc1ccccc1)NS(=O)(=O)c1ccc2ccccc2c1. The van der Waals surface area contributed by atoms with Crippen LogP contribution in [-0.2, 0) is 21.2 Å². The molecule has 0 radical (unpaired) electrons. The molecule has 0 saturated heterocycles. The minimum Gasteiger partial charge on any atom is -0.548 e. The third-order valence-corrected chi connectivity index (χ3v) is 5.37. The molecule has 0 aromatic heterocycles. The Morgan fingerprint density at radius 1 is 0.920 bits per heavy atom. The third kappa shape index (κ3) is 4.04. The minimum atomic E-state index is -3.99. The maximum Gasteiger partial charge on any atom is 0.241 e. The number of benzene rings is 3. The summed E-state index contributed by atoms with van der Waals surface area (Å²) in [5.74, 6) is -1.46. The van der Waals surface area contributed by atoms with E-state index in [1.807, 2.05) is 18.2 Å². The first-order chi connectivity index (χ1) is 12.0. The van der Waals surface area contributed by atoms with Crippen LogP contribution in [0.1, 0.15) is 5.56 Å². The van der Waals surface area contributed by atoms with E-state index in [9.17, 15) is 18.3 Å². The third-order valence-electron chi connectivity index (χ3n) is 3.90. The van der Waals surface area contributed by atoms with Gasteiger partial charge in [0.05, 0.1) is 16.9 Å². The van der Waals surface area contributed by atoms with E-state index in [0.29, 0.717) is 5.56 Å². The molecule has 0 saturated carbocycles. The van der Waals surface area contributed by atoms with Gasteiger partial charge in [-0.25, -0.2) is 13.1 Å². The van der Waals surface area contributed by atoms with Crippen LogP contribution in [0.5, 0.6) is 0 Å². The second kappa shape index (κ2) is 7.04. The van der Waals surface area contributed by atoms with Crippen LogP contribution in [0.15, 0.2) is 77.7 Å². The number of carboxylic acid groups (broad SMARTS) is 1. The first kappa shape index (κ1) is 17.1. The fourth-order valence-corrected chi connectivity index (χ4v) is 3.83. The first-order valence-electron chi connectivity index (χ1n) is 7.72. The fourth-order valence-electron chi connectivity index (χ4n) is 2.61. The van der Waals surface area contributed by atoms with Gasteiger partial charge in [-0.15, -0.1) is 0 Å². The van der Waals surface area contributed by atoms with Crippen LogP contribution in [0.2, 0.25) is 0 Å². The number of aliphatic carboxylic acids is 1. The van der Waals surface area contributed by atoms with Gasteiger partial charge in [-0.05, 0) is 34.9 Å². The molecule has 3 aromatic rings. The molecule has 0 heterocycles. The molecule has 0 amide bonds. The predicted molar refractivity (Wildman–Crippen MR) is 93.2 cm³/mol. The van der Waals surface area contributed by atoms with Gasteiger partial charge < -0.3 is 9.90 Å². The van der Waals surface area contributed by atoms with Crippen molar-refractivity contribution in [3.05, 3.63) is 78.4 Å². The van der Waals surface area contributed by atoms with E-state index in [2.05, 4.69) is 4.72 Å². The number of fused-ring (bicyclic) bond motifs is 1. The van der Waals surface area contributed by atoms with Crippen LogP contribution in [0.3, 0.4) is 0 Å². The maximum absolute atomic E-state index is 12.6. The summed E-state index contributed by atoms with van der Waals surface area (Å²) in [6.45, 7) is 0. The topological polar surface area (TPSA) is 86.3 Å². The molecule has 1 atom stereocenters. The van der Waals surface area contributed by atoms with Crippen molar-refractivity contribution in [1.29, 1.82) is 0 Å². The van der Waals surface area contributed by atoms with Gasteiger partial charge >= 0.3 is 0 Å². The number of rotatable bonds is 6. The predicted octanol–water partition coefficient (Wildman–Crippen LogP) is 1.48. The van der Waals surface area contributed by atoms with Crippen molar-refractivity contribution in [2.75, 3.05) is 0 Å². The van der Waals surface area contributed by atoms with Gasteiger partial charge in [0.25, 0.3) is 0 Å². The quantitative estimate of drug-likeness (QED) is 0.726. The number of hydrogen-bond donors (Lipinski definition) is 1. The molecule has 0 bridgehead atoms. The molecule has 0 aliphatic heterocycles. The Balaban J connectivity index is 1.87. The Hall–Kier alpha value is -2.70. The maximum atomic E-state index is 12.6. The van der Waals surface area contributed by atoms with Crippen LogP contribution in [-0.4, -0.2) is 20.4 Å². The molecular weight excluding hydrogens is 338 g/mol. The lowest BCUT2D eigenvalue weighted by Gasteiger charge is -2.20. The zero-order valence-corrected chi connectivity index (χ0v) is 14.1. The van der Waals surface area contributed by atoms with Crippen LogP contribution >= 0.6 is 0 Å². The highest BCUT2D eigenvalue weighted by atomic mass is 32.2. The molecule has 0 fully saturated rings. The van der Waals surface area contributed by atoms with Crippen molar-refractivity contribution in [3.8, 4) is 0 Å². The number of carboxylic acids is 1. The second-order valence-electron chi connectivity index (χ2n) is 5.69. The van der Waals surface area contributed by atoms with Crippen molar-refractivity contribution < 1.29 is 18.3 Å². The summed E-state index contributed by atoms with van der Waals surface area (Å²) >= 11 is 0. The molecule has 1 unspecified atom stereocenters. The van der Waals surface area contributed by atoms with Gasteiger partial charge in [-0.2, -0.15) is 0 Å². The Morgan fingerprint density at radius 3 is 2.24 bits per heavy atom. The van der Waals surface area contributed by atoms with Gasteiger partial charge in [0.1, 0.15) is 0 Å². The first-order valence-corrected chi connectivity index (χ1v) is 9.20. The van der Waals surface area contributed by atoms with E-state index >= 15 is 0 Å². The van der Waals surface area contributed by atoms with Gasteiger partial charge in [0, 0.05) is 0 Å². The summed E-state index contributed by atoms with van der Waals surface area (Å²) in [5, 5.41) is 13.1. The van der Waals surface area contributed by atoms with Crippen molar-refractivity contribution in [3.63, 3.8) is 0 Å². The molecule has 3 aromatic carbocycles. The smallest absolute Gasteiger partial charge is 0.241 e. The van der Waals surface area contributed by atoms with E-state index < -0.39 is 22.0 Å². The summed E-state index contributed by atoms with van der Waals surface area (Å²) in [6.07, 6.45) is 0.00991. The summed E-state index contributed by atoms with van der Waals surface area (Å²) in [5.41, 5.74) is 0.706. The van der Waals surface area contributed by atoms with E-state index in [4.69, 9.17) is 0 Å². The number of hydrogen-bond acceptors (Lipinski definition) is 4. The van der Waals surface area contributed by atoms with Crippen LogP contribution < -0.4 is 9.83 Å². The number of nitrogens with one attached hydrogen (secondary N) is 1. The zero-order chi connectivity index (χ0) is 17.9. The van der Waals surface area contributed by atoms with Crippen molar-refractivity contribution in [2.24, 2.45) is 0 Å².